The van der Waals surface area contributed by atoms with Gasteiger partial charge in [0.2, 0.25) is 0 Å². The monoisotopic (exact) mass is 367 g/mol. The molecular weight excluding hydrogens is 354 g/mol. The summed E-state index contributed by atoms with van der Waals surface area (Å²) in [6, 6.07) is 3.62. The van der Waals surface area contributed by atoms with Gasteiger partial charge in [0, 0.05) is 0 Å². The largest absolute Gasteiger partial charge is 0.289 e. The predicted octanol–water partition coefficient (Wildman–Crippen LogP) is 3.16. The minimum Gasteiger partial charge on any atom is -0.289 e. The van der Waals surface area contributed by atoms with Crippen LogP contribution in [0.15, 0.2) is 44.1 Å². The first-order chi connectivity index (χ1) is 9.70. The van der Waals surface area contributed by atoms with Crippen molar-refractivity contribution in [2.24, 2.45) is 4.40 Å². The van der Waals surface area contributed by atoms with Gasteiger partial charge in [-0.1, -0.05) is 17.7 Å². The van der Waals surface area contributed by atoms with Crippen LogP contribution in [-0.4, -0.2) is 19.9 Å². The lowest BCUT2D eigenvalue weighted by Gasteiger charge is -2.10. The molecule has 0 fully saturated rings. The third-order valence-corrected chi connectivity index (χ3v) is 5.23. The summed E-state index contributed by atoms with van der Waals surface area (Å²) in [4.78, 5) is 11.5. The summed E-state index contributed by atoms with van der Waals surface area (Å²) >= 11 is 3.08. The molecule has 2 rings (SSSR count). The van der Waals surface area contributed by atoms with E-state index in [1.807, 2.05) is 19.1 Å². The maximum atomic E-state index is 12.5. The van der Waals surface area contributed by atoms with E-state index in [1.165, 1.54) is 18.2 Å². The Morgan fingerprint density at radius 3 is 2.14 bits per heavy atom. The summed E-state index contributed by atoms with van der Waals surface area (Å²) in [5, 5.41) is 0. The minimum absolute atomic E-state index is 0.214. The highest BCUT2D eigenvalue weighted by Crippen LogP contribution is 2.24. The molecular formula is C15H14BrNO3S. The van der Waals surface area contributed by atoms with Crippen LogP contribution < -0.4 is 0 Å². The molecule has 0 N–H and O–H groups in total. The van der Waals surface area contributed by atoms with E-state index < -0.39 is 10.0 Å². The van der Waals surface area contributed by atoms with Gasteiger partial charge in [0.05, 0.1) is 15.1 Å². The van der Waals surface area contributed by atoms with Crippen molar-refractivity contribution in [1.82, 2.24) is 0 Å². The Labute approximate surface area is 132 Å². The van der Waals surface area contributed by atoms with Crippen LogP contribution in [0.5, 0.6) is 0 Å². The Balaban J connectivity index is 2.55. The fourth-order valence-electron chi connectivity index (χ4n) is 2.30. The molecule has 1 aliphatic rings. The van der Waals surface area contributed by atoms with Crippen LogP contribution in [0.4, 0.5) is 0 Å². The second kappa shape index (κ2) is 5.69. The van der Waals surface area contributed by atoms with Gasteiger partial charge < -0.3 is 0 Å². The second-order valence-electron chi connectivity index (χ2n) is 4.91. The lowest BCUT2D eigenvalue weighted by Crippen LogP contribution is -2.09. The average molecular weight is 368 g/mol. The van der Waals surface area contributed by atoms with Crippen LogP contribution in [0.2, 0.25) is 0 Å². The Morgan fingerprint density at radius 2 is 1.62 bits per heavy atom. The number of sulfonamides is 1. The van der Waals surface area contributed by atoms with Gasteiger partial charge in [-0.3, -0.25) is 4.79 Å². The lowest BCUT2D eigenvalue weighted by molar-refractivity contribution is -0.110. The van der Waals surface area contributed by atoms with Gasteiger partial charge in [-0.05, 0) is 66.1 Å². The molecule has 1 aromatic rings. The molecule has 0 radical (unpaired) electrons. The summed E-state index contributed by atoms with van der Waals surface area (Å²) < 4.78 is 29.1. The molecule has 0 amide bonds. The third kappa shape index (κ3) is 3.39. The van der Waals surface area contributed by atoms with E-state index in [9.17, 15) is 13.2 Å². The SMILES string of the molecule is Cc1cc(C)c(S(=O)(=O)/N=C2/C=CC(=O)C(Br)=C2)c(C)c1. The van der Waals surface area contributed by atoms with Gasteiger partial charge in [-0.25, -0.2) is 0 Å². The van der Waals surface area contributed by atoms with Crippen molar-refractivity contribution in [3.63, 3.8) is 0 Å². The molecule has 6 heteroatoms. The molecule has 1 aliphatic carbocycles. The van der Waals surface area contributed by atoms with Crippen LogP contribution in [-0.2, 0) is 14.8 Å². The number of aryl methyl sites for hydroxylation is 3. The number of carbonyl (C=O) groups is 1. The number of ketones is 1. The van der Waals surface area contributed by atoms with Crippen molar-refractivity contribution < 1.29 is 13.2 Å². The molecule has 0 aromatic heterocycles. The smallest absolute Gasteiger partial charge is 0.283 e. The van der Waals surface area contributed by atoms with Crippen LogP contribution in [0.3, 0.4) is 0 Å². The highest BCUT2D eigenvalue weighted by atomic mass is 79.9. The normalized spacial score (nSPS) is 17.2. The minimum atomic E-state index is -3.82. The molecule has 1 aromatic carbocycles. The van der Waals surface area contributed by atoms with Crippen LogP contribution in [0.1, 0.15) is 16.7 Å². The summed E-state index contributed by atoms with van der Waals surface area (Å²) in [5.41, 5.74) is 2.55. The zero-order valence-corrected chi connectivity index (χ0v) is 14.2. The summed E-state index contributed by atoms with van der Waals surface area (Å²) in [6.07, 6.45) is 4.08. The number of benzene rings is 1. The number of hydrogen-bond donors (Lipinski definition) is 0. The number of allylic oxidation sites excluding steroid dienone is 4. The van der Waals surface area contributed by atoms with E-state index in [1.54, 1.807) is 13.8 Å². The van der Waals surface area contributed by atoms with Gasteiger partial charge in [-0.15, -0.1) is 0 Å². The molecule has 4 nitrogen and oxygen atoms in total. The number of hydrogen-bond acceptors (Lipinski definition) is 3. The van der Waals surface area contributed by atoms with E-state index >= 15 is 0 Å². The van der Waals surface area contributed by atoms with E-state index in [-0.39, 0.29) is 20.9 Å². The van der Waals surface area contributed by atoms with Gasteiger partial charge in [0.25, 0.3) is 10.0 Å². The molecule has 21 heavy (non-hydrogen) atoms. The van der Waals surface area contributed by atoms with Crippen LogP contribution >= 0.6 is 15.9 Å². The van der Waals surface area contributed by atoms with E-state index in [4.69, 9.17) is 0 Å². The van der Waals surface area contributed by atoms with Crippen molar-refractivity contribution >= 4 is 37.4 Å². The average Bonchev–Trinajstić information content (AvgIpc) is 2.31. The van der Waals surface area contributed by atoms with Gasteiger partial charge in [0.1, 0.15) is 0 Å². The highest BCUT2D eigenvalue weighted by Gasteiger charge is 2.20. The maximum absolute atomic E-state index is 12.5. The standard InChI is InChI=1S/C15H14BrNO3S/c1-9-6-10(2)15(11(3)7-9)21(19,20)17-12-4-5-14(18)13(16)8-12/h4-8H,1-3H3/b17-12-. The van der Waals surface area contributed by atoms with E-state index in [0.717, 1.165) is 5.56 Å². The van der Waals surface area contributed by atoms with Crippen LogP contribution in [0.25, 0.3) is 0 Å². The molecule has 110 valence electrons. The van der Waals surface area contributed by atoms with Gasteiger partial charge in [0.15, 0.2) is 5.78 Å². The first kappa shape index (κ1) is 15.9. The molecule has 0 saturated heterocycles. The highest BCUT2D eigenvalue weighted by molar-refractivity contribution is 9.12. The number of nitrogens with zero attached hydrogens (tertiary/aromatic N) is 1. The fraction of sp³-hybridized carbons (Fsp3) is 0.200. The molecule has 0 atom stereocenters. The van der Waals surface area contributed by atoms with Crippen molar-refractivity contribution in [3.8, 4) is 0 Å². The van der Waals surface area contributed by atoms with Gasteiger partial charge in [-0.2, -0.15) is 12.8 Å². The summed E-state index contributed by atoms with van der Waals surface area (Å²) in [6.45, 7) is 5.41. The molecule has 0 saturated carbocycles. The van der Waals surface area contributed by atoms with E-state index in [0.29, 0.717) is 11.1 Å². The zero-order valence-electron chi connectivity index (χ0n) is 11.8. The molecule has 0 spiro atoms. The molecule has 0 heterocycles. The molecule has 0 bridgehead atoms. The van der Waals surface area contributed by atoms with Gasteiger partial charge >= 0.3 is 0 Å². The molecule has 0 unspecified atom stereocenters. The topological polar surface area (TPSA) is 63.6 Å². The Morgan fingerprint density at radius 1 is 1.05 bits per heavy atom. The fourth-order valence-corrected chi connectivity index (χ4v) is 4.09. The van der Waals surface area contributed by atoms with Crippen molar-refractivity contribution in [1.29, 1.82) is 0 Å². The Bertz CT molecular complexity index is 794. The van der Waals surface area contributed by atoms with Crippen molar-refractivity contribution in [2.75, 3.05) is 0 Å². The number of rotatable bonds is 2. The zero-order chi connectivity index (χ0) is 15.8. The Hall–Kier alpha value is -1.53. The van der Waals surface area contributed by atoms with E-state index in [2.05, 4.69) is 20.3 Å². The van der Waals surface area contributed by atoms with Crippen molar-refractivity contribution in [2.45, 2.75) is 25.7 Å². The second-order valence-corrected chi connectivity index (χ2v) is 7.30. The summed E-state index contributed by atoms with van der Waals surface area (Å²) in [5.74, 6) is -0.214. The third-order valence-electron chi connectivity index (χ3n) is 3.00. The molecule has 0 aliphatic heterocycles. The number of carbonyl (C=O) groups excluding carboxylic acids is 1. The predicted molar refractivity (Wildman–Crippen MR) is 86.4 cm³/mol. The first-order valence-corrected chi connectivity index (χ1v) is 8.46. The summed E-state index contributed by atoms with van der Waals surface area (Å²) in [7, 11) is -3.82. The Kier molecular flexibility index (Phi) is 4.30. The maximum Gasteiger partial charge on any atom is 0.283 e. The van der Waals surface area contributed by atoms with Crippen LogP contribution in [0, 0.1) is 20.8 Å². The quantitative estimate of drug-likeness (QED) is 0.754. The van der Waals surface area contributed by atoms with Crippen molar-refractivity contribution in [3.05, 3.63) is 51.5 Å². The lowest BCUT2D eigenvalue weighted by atomic mass is 10.1. The number of halogens is 1. The first-order valence-electron chi connectivity index (χ1n) is 6.23.